The maximum absolute atomic E-state index is 4.30. The summed E-state index contributed by atoms with van der Waals surface area (Å²) in [7, 11) is 0. The van der Waals surface area contributed by atoms with E-state index in [9.17, 15) is 0 Å². The Bertz CT molecular complexity index is 340. The lowest BCUT2D eigenvalue weighted by atomic mass is 9.89. The highest BCUT2D eigenvalue weighted by atomic mass is 14.8. The van der Waals surface area contributed by atoms with Crippen molar-refractivity contribution in [2.45, 2.75) is 26.7 Å². The zero-order valence-electron chi connectivity index (χ0n) is 8.12. The summed E-state index contributed by atoms with van der Waals surface area (Å²) in [5.41, 5.74) is 3.87. The maximum atomic E-state index is 4.30. The third-order valence-corrected chi connectivity index (χ3v) is 2.47. The third kappa shape index (κ3) is 1.48. The van der Waals surface area contributed by atoms with Gasteiger partial charge in [-0.15, -0.1) is 0 Å². The summed E-state index contributed by atoms with van der Waals surface area (Å²) in [6.45, 7) is 4.43. The Balaban J connectivity index is 2.47. The minimum absolute atomic E-state index is 0.574. The average Bonchev–Trinajstić information content (AvgIpc) is 2.17. The van der Waals surface area contributed by atoms with Gasteiger partial charge in [-0.2, -0.15) is 0 Å². The molecule has 0 N–H and O–H groups in total. The second-order valence-corrected chi connectivity index (χ2v) is 3.74. The molecule has 0 saturated heterocycles. The standard InChI is InChI=1S/C11H14N2/c1-8(2)9-4-3-5-11-10(9)6-12-7-13-11/h4,6-8H,3,5H2,1-2H3. The number of aromatic nitrogens is 2. The molecule has 2 rings (SSSR count). The van der Waals surface area contributed by atoms with Crippen LogP contribution in [0.5, 0.6) is 0 Å². The highest BCUT2D eigenvalue weighted by molar-refractivity contribution is 5.69. The van der Waals surface area contributed by atoms with E-state index in [4.69, 9.17) is 0 Å². The van der Waals surface area contributed by atoms with E-state index in [0.29, 0.717) is 5.92 Å². The summed E-state index contributed by atoms with van der Waals surface area (Å²) in [4.78, 5) is 8.38. The highest BCUT2D eigenvalue weighted by Gasteiger charge is 2.15. The van der Waals surface area contributed by atoms with Crippen LogP contribution in [-0.4, -0.2) is 9.97 Å². The summed E-state index contributed by atoms with van der Waals surface area (Å²) >= 11 is 0. The number of nitrogens with zero attached hydrogens (tertiary/aromatic N) is 2. The van der Waals surface area contributed by atoms with E-state index in [2.05, 4.69) is 29.9 Å². The highest BCUT2D eigenvalue weighted by Crippen LogP contribution is 2.29. The van der Waals surface area contributed by atoms with Crippen LogP contribution in [0.3, 0.4) is 0 Å². The summed E-state index contributed by atoms with van der Waals surface area (Å²) in [5.74, 6) is 0.574. The van der Waals surface area contributed by atoms with Crippen LogP contribution in [0.4, 0.5) is 0 Å². The van der Waals surface area contributed by atoms with Crippen LogP contribution in [0.2, 0.25) is 0 Å². The largest absolute Gasteiger partial charge is 0.244 e. The van der Waals surface area contributed by atoms with Crippen LogP contribution in [0.1, 0.15) is 31.5 Å². The Labute approximate surface area is 78.7 Å². The van der Waals surface area contributed by atoms with E-state index >= 15 is 0 Å². The molecule has 68 valence electrons. The van der Waals surface area contributed by atoms with Crippen molar-refractivity contribution in [3.8, 4) is 0 Å². The van der Waals surface area contributed by atoms with Gasteiger partial charge in [0.2, 0.25) is 0 Å². The molecule has 13 heavy (non-hydrogen) atoms. The fourth-order valence-corrected chi connectivity index (χ4v) is 1.82. The van der Waals surface area contributed by atoms with E-state index in [1.165, 1.54) is 16.8 Å². The number of fused-ring (bicyclic) bond motifs is 1. The minimum atomic E-state index is 0.574. The molecule has 0 aromatic carbocycles. The van der Waals surface area contributed by atoms with Crippen LogP contribution < -0.4 is 0 Å². The molecule has 0 amide bonds. The molecule has 1 aromatic heterocycles. The Hall–Kier alpha value is -1.18. The number of aryl methyl sites for hydroxylation is 1. The van der Waals surface area contributed by atoms with E-state index < -0.39 is 0 Å². The zero-order chi connectivity index (χ0) is 9.26. The van der Waals surface area contributed by atoms with E-state index in [0.717, 1.165) is 12.8 Å². The second kappa shape index (κ2) is 3.29. The van der Waals surface area contributed by atoms with Crippen LogP contribution >= 0.6 is 0 Å². The van der Waals surface area contributed by atoms with Gasteiger partial charge in [0, 0.05) is 11.8 Å². The van der Waals surface area contributed by atoms with Crippen molar-refractivity contribution in [2.24, 2.45) is 5.92 Å². The second-order valence-electron chi connectivity index (χ2n) is 3.74. The van der Waals surface area contributed by atoms with Crippen molar-refractivity contribution < 1.29 is 0 Å². The first-order valence-electron chi connectivity index (χ1n) is 4.78. The van der Waals surface area contributed by atoms with E-state index in [1.807, 2.05) is 6.20 Å². The van der Waals surface area contributed by atoms with Crippen LogP contribution in [0.25, 0.3) is 5.57 Å². The van der Waals surface area contributed by atoms with Gasteiger partial charge in [-0.3, -0.25) is 0 Å². The minimum Gasteiger partial charge on any atom is -0.244 e. The lowest BCUT2D eigenvalue weighted by Gasteiger charge is -2.18. The summed E-state index contributed by atoms with van der Waals surface area (Å²) < 4.78 is 0. The maximum Gasteiger partial charge on any atom is 0.115 e. The fourth-order valence-electron chi connectivity index (χ4n) is 1.82. The third-order valence-electron chi connectivity index (χ3n) is 2.47. The van der Waals surface area contributed by atoms with Crippen molar-refractivity contribution in [2.75, 3.05) is 0 Å². The van der Waals surface area contributed by atoms with Crippen molar-refractivity contribution in [3.05, 3.63) is 29.9 Å². The lowest BCUT2D eigenvalue weighted by molar-refractivity contribution is 0.811. The SMILES string of the molecule is CC(C)C1=CCCc2ncncc21. The Morgan fingerprint density at radius 2 is 2.23 bits per heavy atom. The quantitative estimate of drug-likeness (QED) is 0.653. The molecule has 1 aliphatic carbocycles. The molecule has 0 bridgehead atoms. The van der Waals surface area contributed by atoms with E-state index in [1.54, 1.807) is 6.33 Å². The van der Waals surface area contributed by atoms with Gasteiger partial charge in [0.05, 0.1) is 5.69 Å². The number of rotatable bonds is 1. The lowest BCUT2D eigenvalue weighted by Crippen LogP contribution is -2.06. The molecule has 0 fully saturated rings. The van der Waals surface area contributed by atoms with Gasteiger partial charge in [0.25, 0.3) is 0 Å². The van der Waals surface area contributed by atoms with Gasteiger partial charge < -0.3 is 0 Å². The predicted molar refractivity (Wildman–Crippen MR) is 53.2 cm³/mol. The smallest absolute Gasteiger partial charge is 0.115 e. The van der Waals surface area contributed by atoms with Gasteiger partial charge in [0.15, 0.2) is 0 Å². The molecule has 1 aliphatic rings. The first-order chi connectivity index (χ1) is 6.29. The molecule has 0 unspecified atom stereocenters. The van der Waals surface area contributed by atoms with Gasteiger partial charge in [-0.05, 0) is 24.3 Å². The van der Waals surface area contributed by atoms with Crippen LogP contribution in [0.15, 0.2) is 18.6 Å². The fraction of sp³-hybridized carbons (Fsp3) is 0.455. The van der Waals surface area contributed by atoms with Crippen molar-refractivity contribution in [3.63, 3.8) is 0 Å². The number of hydrogen-bond donors (Lipinski definition) is 0. The van der Waals surface area contributed by atoms with Crippen molar-refractivity contribution >= 4 is 5.57 Å². The molecule has 0 spiro atoms. The molecular weight excluding hydrogens is 160 g/mol. The topological polar surface area (TPSA) is 25.8 Å². The average molecular weight is 174 g/mol. The Morgan fingerprint density at radius 1 is 1.38 bits per heavy atom. The summed E-state index contributed by atoms with van der Waals surface area (Å²) in [6.07, 6.45) is 8.08. The van der Waals surface area contributed by atoms with Gasteiger partial charge in [-0.1, -0.05) is 19.9 Å². The predicted octanol–water partition coefficient (Wildman–Crippen LogP) is 2.46. The molecule has 0 saturated carbocycles. The molecule has 0 aliphatic heterocycles. The molecule has 2 nitrogen and oxygen atoms in total. The molecule has 1 heterocycles. The summed E-state index contributed by atoms with van der Waals surface area (Å²) in [5, 5.41) is 0. The Kier molecular flexibility index (Phi) is 2.13. The molecule has 2 heteroatoms. The number of allylic oxidation sites excluding steroid dienone is 2. The molecule has 1 aromatic rings. The van der Waals surface area contributed by atoms with Crippen molar-refractivity contribution in [1.82, 2.24) is 9.97 Å². The van der Waals surface area contributed by atoms with Gasteiger partial charge in [-0.25, -0.2) is 9.97 Å². The molecule has 0 atom stereocenters. The number of hydrogen-bond acceptors (Lipinski definition) is 2. The summed E-state index contributed by atoms with van der Waals surface area (Å²) in [6, 6.07) is 0. The monoisotopic (exact) mass is 174 g/mol. The first kappa shape index (κ1) is 8.42. The van der Waals surface area contributed by atoms with Crippen LogP contribution in [-0.2, 0) is 6.42 Å². The zero-order valence-corrected chi connectivity index (χ0v) is 8.12. The molecule has 0 radical (unpaired) electrons. The van der Waals surface area contributed by atoms with Gasteiger partial charge >= 0.3 is 0 Å². The van der Waals surface area contributed by atoms with Gasteiger partial charge in [0.1, 0.15) is 6.33 Å². The van der Waals surface area contributed by atoms with Crippen LogP contribution in [0, 0.1) is 5.92 Å². The molecular formula is C11H14N2. The van der Waals surface area contributed by atoms with E-state index in [-0.39, 0.29) is 0 Å². The van der Waals surface area contributed by atoms with Crippen molar-refractivity contribution in [1.29, 1.82) is 0 Å². The Morgan fingerprint density at radius 3 is 3.00 bits per heavy atom. The first-order valence-corrected chi connectivity index (χ1v) is 4.78. The normalized spacial score (nSPS) is 15.5.